The third-order valence-corrected chi connectivity index (χ3v) is 5.53. The molecule has 2 aromatic rings. The van der Waals surface area contributed by atoms with Gasteiger partial charge in [-0.25, -0.2) is 0 Å². The van der Waals surface area contributed by atoms with E-state index in [1.807, 2.05) is 31.2 Å². The monoisotopic (exact) mass is 393 g/mol. The summed E-state index contributed by atoms with van der Waals surface area (Å²) in [5.74, 6) is 0.421. The highest BCUT2D eigenvalue weighted by Gasteiger charge is 2.35. The lowest BCUT2D eigenvalue weighted by Crippen LogP contribution is -2.35. The van der Waals surface area contributed by atoms with Crippen LogP contribution in [0.3, 0.4) is 0 Å². The molecule has 2 atom stereocenters. The summed E-state index contributed by atoms with van der Waals surface area (Å²) in [4.78, 5) is 13.6. The minimum absolute atomic E-state index is 0.0141. The van der Waals surface area contributed by atoms with Crippen LogP contribution < -0.4 is 20.8 Å². The smallest absolute Gasteiger partial charge is 0.258 e. The Morgan fingerprint density at radius 2 is 2.21 bits per heavy atom. The second kappa shape index (κ2) is 7.64. The molecule has 0 aliphatic carbocycles. The van der Waals surface area contributed by atoms with Crippen molar-refractivity contribution in [3.8, 4) is 17.6 Å². The molecule has 7 nitrogen and oxygen atoms in total. The summed E-state index contributed by atoms with van der Waals surface area (Å²) in [5.41, 5.74) is 8.00. The molecule has 0 spiro atoms. The van der Waals surface area contributed by atoms with E-state index in [1.54, 1.807) is 17.7 Å². The zero-order chi connectivity index (χ0) is 20.5. The Morgan fingerprint density at radius 1 is 1.38 bits per heavy atom. The van der Waals surface area contributed by atoms with Gasteiger partial charge in [-0.15, -0.1) is 0 Å². The SMILES string of the molecule is COc1cccc(C2C(C#N)=C(N)Oc3cc(C)n(CC4CCCO4)c(=O)c32)c1. The topological polar surface area (TPSA) is 99.5 Å². The highest BCUT2D eigenvalue weighted by Crippen LogP contribution is 2.41. The van der Waals surface area contributed by atoms with Crippen molar-refractivity contribution in [2.75, 3.05) is 13.7 Å². The summed E-state index contributed by atoms with van der Waals surface area (Å²) < 4.78 is 18.5. The first-order valence-electron chi connectivity index (χ1n) is 9.61. The fourth-order valence-electron chi connectivity index (χ4n) is 4.06. The van der Waals surface area contributed by atoms with E-state index >= 15 is 0 Å². The van der Waals surface area contributed by atoms with Gasteiger partial charge in [0.1, 0.15) is 23.1 Å². The molecule has 1 fully saturated rings. The average molecular weight is 393 g/mol. The van der Waals surface area contributed by atoms with Crippen molar-refractivity contribution in [3.05, 3.63) is 69.0 Å². The number of pyridine rings is 1. The van der Waals surface area contributed by atoms with Gasteiger partial charge in [0.15, 0.2) is 0 Å². The highest BCUT2D eigenvalue weighted by molar-refractivity contribution is 5.56. The first-order valence-corrected chi connectivity index (χ1v) is 9.61. The molecule has 150 valence electrons. The standard InChI is InChI=1S/C22H23N3O4/c1-13-9-18-20(22(26)25(13)12-16-7-4-8-28-16)19(17(11-23)21(24)29-18)14-5-3-6-15(10-14)27-2/h3,5-6,9-10,16,19H,4,7-8,12,24H2,1-2H3. The maximum Gasteiger partial charge on any atom is 0.258 e. The number of aromatic nitrogens is 1. The molecule has 0 radical (unpaired) electrons. The Balaban J connectivity index is 1.89. The number of hydrogen-bond acceptors (Lipinski definition) is 6. The predicted octanol–water partition coefficient (Wildman–Crippen LogP) is 2.56. The third-order valence-electron chi connectivity index (χ3n) is 5.53. The van der Waals surface area contributed by atoms with Crippen LogP contribution >= 0.6 is 0 Å². The van der Waals surface area contributed by atoms with E-state index < -0.39 is 5.92 Å². The summed E-state index contributed by atoms with van der Waals surface area (Å²) >= 11 is 0. The summed E-state index contributed by atoms with van der Waals surface area (Å²) in [5, 5.41) is 9.76. The van der Waals surface area contributed by atoms with E-state index in [0.29, 0.717) is 23.6 Å². The Kier molecular flexibility index (Phi) is 5.03. The van der Waals surface area contributed by atoms with Crippen molar-refractivity contribution >= 4 is 0 Å². The Morgan fingerprint density at radius 3 is 2.90 bits per heavy atom. The van der Waals surface area contributed by atoms with Crippen LogP contribution in [0.1, 0.15) is 35.6 Å². The average Bonchev–Trinajstić information content (AvgIpc) is 3.23. The molecule has 29 heavy (non-hydrogen) atoms. The van der Waals surface area contributed by atoms with Gasteiger partial charge < -0.3 is 24.5 Å². The lowest BCUT2D eigenvalue weighted by Gasteiger charge is -2.28. The Labute approximate surface area is 168 Å². The number of nitrogens with two attached hydrogens (primary N) is 1. The number of benzene rings is 1. The number of allylic oxidation sites excluding steroid dienone is 1. The molecule has 7 heteroatoms. The van der Waals surface area contributed by atoms with E-state index in [9.17, 15) is 10.1 Å². The number of nitriles is 1. The number of methoxy groups -OCH3 is 1. The second-order valence-electron chi connectivity index (χ2n) is 7.32. The van der Waals surface area contributed by atoms with Gasteiger partial charge in [0.2, 0.25) is 5.88 Å². The van der Waals surface area contributed by atoms with Crippen LogP contribution in [0.15, 0.2) is 46.6 Å². The molecular formula is C22H23N3O4. The van der Waals surface area contributed by atoms with E-state index in [0.717, 1.165) is 30.7 Å². The largest absolute Gasteiger partial charge is 0.497 e. The minimum atomic E-state index is -0.623. The number of rotatable bonds is 4. The summed E-state index contributed by atoms with van der Waals surface area (Å²) in [6.07, 6.45) is 1.94. The molecule has 1 saturated heterocycles. The molecule has 1 aromatic carbocycles. The van der Waals surface area contributed by atoms with Gasteiger partial charge >= 0.3 is 0 Å². The fourth-order valence-corrected chi connectivity index (χ4v) is 4.06. The lowest BCUT2D eigenvalue weighted by molar-refractivity contribution is 0.0955. The molecule has 2 N–H and O–H groups in total. The van der Waals surface area contributed by atoms with Crippen LogP contribution in [0.5, 0.6) is 11.5 Å². The number of aryl methyl sites for hydroxylation is 1. The van der Waals surface area contributed by atoms with Crippen molar-refractivity contribution in [3.63, 3.8) is 0 Å². The van der Waals surface area contributed by atoms with Gasteiger partial charge in [-0.3, -0.25) is 4.79 Å². The van der Waals surface area contributed by atoms with Crippen molar-refractivity contribution in [2.45, 2.75) is 38.3 Å². The third kappa shape index (κ3) is 3.36. The van der Waals surface area contributed by atoms with Crippen LogP contribution in [-0.2, 0) is 11.3 Å². The van der Waals surface area contributed by atoms with Gasteiger partial charge in [-0.1, -0.05) is 12.1 Å². The minimum Gasteiger partial charge on any atom is -0.497 e. The van der Waals surface area contributed by atoms with Crippen molar-refractivity contribution in [1.82, 2.24) is 4.57 Å². The first-order chi connectivity index (χ1) is 14.0. The maximum atomic E-state index is 13.6. The van der Waals surface area contributed by atoms with Crippen LogP contribution in [0.2, 0.25) is 0 Å². The van der Waals surface area contributed by atoms with E-state index in [4.69, 9.17) is 19.9 Å². The summed E-state index contributed by atoms with van der Waals surface area (Å²) in [6.45, 7) is 3.06. The van der Waals surface area contributed by atoms with Crippen LogP contribution in [0.4, 0.5) is 0 Å². The van der Waals surface area contributed by atoms with Crippen LogP contribution in [0, 0.1) is 18.3 Å². The molecule has 3 heterocycles. The number of fused-ring (bicyclic) bond motifs is 1. The van der Waals surface area contributed by atoms with Gasteiger partial charge in [0, 0.05) is 18.4 Å². The van der Waals surface area contributed by atoms with Crippen LogP contribution in [0.25, 0.3) is 0 Å². The molecular weight excluding hydrogens is 370 g/mol. The maximum absolute atomic E-state index is 13.6. The number of nitrogens with zero attached hydrogens (tertiary/aromatic N) is 2. The quantitative estimate of drug-likeness (QED) is 0.857. The first kappa shape index (κ1) is 19.1. The van der Waals surface area contributed by atoms with Crippen molar-refractivity contribution in [2.24, 2.45) is 5.73 Å². The molecule has 2 aliphatic heterocycles. The molecule has 0 saturated carbocycles. The predicted molar refractivity (Wildman–Crippen MR) is 107 cm³/mol. The second-order valence-corrected chi connectivity index (χ2v) is 7.32. The van der Waals surface area contributed by atoms with Gasteiger partial charge in [0.05, 0.1) is 31.2 Å². The fraction of sp³-hybridized carbons (Fsp3) is 0.364. The van der Waals surface area contributed by atoms with E-state index in [1.165, 1.54) is 0 Å². The summed E-state index contributed by atoms with van der Waals surface area (Å²) in [7, 11) is 1.57. The zero-order valence-corrected chi connectivity index (χ0v) is 16.5. The zero-order valence-electron chi connectivity index (χ0n) is 16.5. The molecule has 2 unspecified atom stereocenters. The summed E-state index contributed by atoms with van der Waals surface area (Å²) in [6, 6.07) is 11.2. The van der Waals surface area contributed by atoms with Gasteiger partial charge in [-0.05, 0) is 37.5 Å². The molecule has 0 bridgehead atoms. The van der Waals surface area contributed by atoms with E-state index in [-0.39, 0.29) is 23.1 Å². The van der Waals surface area contributed by atoms with Gasteiger partial charge in [0.25, 0.3) is 5.56 Å². The number of hydrogen-bond donors (Lipinski definition) is 1. The Bertz CT molecular complexity index is 1070. The van der Waals surface area contributed by atoms with Crippen LogP contribution in [-0.4, -0.2) is 24.4 Å². The van der Waals surface area contributed by atoms with Crippen molar-refractivity contribution < 1.29 is 14.2 Å². The molecule has 2 aliphatic rings. The lowest BCUT2D eigenvalue weighted by atomic mass is 9.84. The Hall–Kier alpha value is -3.24. The van der Waals surface area contributed by atoms with Crippen molar-refractivity contribution in [1.29, 1.82) is 5.26 Å². The molecule has 4 rings (SSSR count). The van der Waals surface area contributed by atoms with Gasteiger partial charge in [-0.2, -0.15) is 5.26 Å². The number of ether oxygens (including phenoxy) is 3. The highest BCUT2D eigenvalue weighted by atomic mass is 16.5. The molecule has 0 amide bonds. The van der Waals surface area contributed by atoms with E-state index in [2.05, 4.69) is 6.07 Å². The molecule has 1 aromatic heterocycles. The normalized spacial score (nSPS) is 20.7.